The molecule has 0 bridgehead atoms. The first-order valence-corrected chi connectivity index (χ1v) is 6.64. The Morgan fingerprint density at radius 1 is 1.10 bits per heavy atom. The Bertz CT molecular complexity index is 579. The largest absolute Gasteiger partial charge is 0.493 e. The molecule has 20 heavy (non-hydrogen) atoms. The van der Waals surface area contributed by atoms with Crippen molar-refractivity contribution in [1.82, 2.24) is 0 Å². The van der Waals surface area contributed by atoms with E-state index in [2.05, 4.69) is 6.92 Å². The molecule has 0 heterocycles. The van der Waals surface area contributed by atoms with E-state index in [4.69, 9.17) is 4.74 Å². The van der Waals surface area contributed by atoms with Gasteiger partial charge in [0, 0.05) is 18.1 Å². The molecule has 104 valence electrons. The van der Waals surface area contributed by atoms with Crippen LogP contribution >= 0.6 is 0 Å². The predicted molar refractivity (Wildman–Crippen MR) is 78.1 cm³/mol. The second kappa shape index (κ2) is 6.70. The zero-order valence-electron chi connectivity index (χ0n) is 11.4. The number of nitrogens with zero attached hydrogens (tertiary/aromatic N) is 1. The molecule has 4 heteroatoms. The first kappa shape index (κ1) is 14.1. The van der Waals surface area contributed by atoms with E-state index in [1.165, 1.54) is 11.6 Å². The molecule has 0 saturated heterocycles. The van der Waals surface area contributed by atoms with Crippen molar-refractivity contribution in [3.8, 4) is 5.75 Å². The maximum absolute atomic E-state index is 10.9. The van der Waals surface area contributed by atoms with Crippen molar-refractivity contribution in [2.75, 3.05) is 6.61 Å². The molecule has 2 aromatic carbocycles. The molecule has 2 aromatic rings. The van der Waals surface area contributed by atoms with Crippen molar-refractivity contribution in [3.63, 3.8) is 0 Å². The Hall–Kier alpha value is -2.36. The average Bonchev–Trinajstić information content (AvgIpc) is 2.48. The lowest BCUT2D eigenvalue weighted by Crippen LogP contribution is -2.04. The van der Waals surface area contributed by atoms with Crippen molar-refractivity contribution in [2.24, 2.45) is 0 Å². The summed E-state index contributed by atoms with van der Waals surface area (Å²) >= 11 is 0. The van der Waals surface area contributed by atoms with Gasteiger partial charge < -0.3 is 4.74 Å². The Balaban J connectivity index is 1.94. The second-order valence-electron chi connectivity index (χ2n) is 4.48. The third kappa shape index (κ3) is 3.57. The fourth-order valence-corrected chi connectivity index (χ4v) is 2.00. The monoisotopic (exact) mass is 271 g/mol. The Morgan fingerprint density at radius 3 is 2.45 bits per heavy atom. The normalized spacial score (nSPS) is 10.2. The number of benzene rings is 2. The van der Waals surface area contributed by atoms with Gasteiger partial charge in [-0.1, -0.05) is 37.3 Å². The summed E-state index contributed by atoms with van der Waals surface area (Å²) in [4.78, 5) is 10.5. The highest BCUT2D eigenvalue weighted by atomic mass is 16.6. The van der Waals surface area contributed by atoms with Crippen molar-refractivity contribution >= 4 is 5.69 Å². The van der Waals surface area contributed by atoms with E-state index in [0.717, 1.165) is 12.2 Å². The maximum Gasteiger partial charge on any atom is 0.272 e. The van der Waals surface area contributed by atoms with Crippen molar-refractivity contribution in [3.05, 3.63) is 69.8 Å². The molecule has 2 rings (SSSR count). The van der Waals surface area contributed by atoms with Crippen LogP contribution in [0.3, 0.4) is 0 Å². The minimum absolute atomic E-state index is 0.150. The number of hydrogen-bond acceptors (Lipinski definition) is 3. The van der Waals surface area contributed by atoms with Gasteiger partial charge in [0.15, 0.2) is 0 Å². The zero-order chi connectivity index (χ0) is 14.4. The van der Waals surface area contributed by atoms with Crippen LogP contribution < -0.4 is 4.74 Å². The summed E-state index contributed by atoms with van der Waals surface area (Å²) in [6.45, 7) is 2.53. The summed E-state index contributed by atoms with van der Waals surface area (Å²) in [5.41, 5.74) is 2.11. The van der Waals surface area contributed by atoms with Crippen LogP contribution in [-0.2, 0) is 12.8 Å². The summed E-state index contributed by atoms with van der Waals surface area (Å²) in [7, 11) is 0. The third-order valence-electron chi connectivity index (χ3n) is 3.16. The first-order chi connectivity index (χ1) is 9.70. The maximum atomic E-state index is 10.9. The molecule has 0 aliphatic carbocycles. The van der Waals surface area contributed by atoms with E-state index in [1.807, 2.05) is 24.3 Å². The molecule has 0 saturated carbocycles. The quantitative estimate of drug-likeness (QED) is 0.593. The lowest BCUT2D eigenvalue weighted by Gasteiger charge is -2.07. The third-order valence-corrected chi connectivity index (χ3v) is 3.16. The minimum Gasteiger partial charge on any atom is -0.493 e. The summed E-state index contributed by atoms with van der Waals surface area (Å²) in [6, 6.07) is 14.7. The van der Waals surface area contributed by atoms with Gasteiger partial charge in [-0.3, -0.25) is 10.1 Å². The predicted octanol–water partition coefficient (Wildman–Crippen LogP) is 3.78. The fourth-order valence-electron chi connectivity index (χ4n) is 2.00. The highest BCUT2D eigenvalue weighted by Gasteiger charge is 2.11. The minimum atomic E-state index is -0.356. The molecule has 0 fully saturated rings. The Morgan fingerprint density at radius 2 is 1.80 bits per heavy atom. The first-order valence-electron chi connectivity index (χ1n) is 6.64. The second-order valence-corrected chi connectivity index (χ2v) is 4.48. The van der Waals surface area contributed by atoms with Crippen LogP contribution in [-0.4, -0.2) is 11.5 Å². The molecule has 0 aromatic heterocycles. The lowest BCUT2D eigenvalue weighted by atomic mass is 10.1. The van der Waals surface area contributed by atoms with E-state index in [1.54, 1.807) is 18.2 Å². The molecular weight excluding hydrogens is 254 g/mol. The van der Waals surface area contributed by atoms with Crippen LogP contribution in [0.4, 0.5) is 5.69 Å². The van der Waals surface area contributed by atoms with Crippen LogP contribution in [0.15, 0.2) is 48.5 Å². The van der Waals surface area contributed by atoms with Crippen LogP contribution in [0.2, 0.25) is 0 Å². The zero-order valence-corrected chi connectivity index (χ0v) is 11.4. The van der Waals surface area contributed by atoms with Crippen LogP contribution in [0, 0.1) is 10.1 Å². The molecule has 0 N–H and O–H groups in total. The SMILES string of the molecule is CCc1ccc(OCCc2ccccc2[N+](=O)[O-])cc1. The average molecular weight is 271 g/mol. The van der Waals surface area contributed by atoms with Crippen LogP contribution in [0.5, 0.6) is 5.75 Å². The molecule has 0 unspecified atom stereocenters. The molecule has 0 aliphatic rings. The molecule has 0 spiro atoms. The van der Waals surface area contributed by atoms with Gasteiger partial charge in [0.25, 0.3) is 5.69 Å². The molecular formula is C16H17NO3. The van der Waals surface area contributed by atoms with Crippen molar-refractivity contribution in [1.29, 1.82) is 0 Å². The smallest absolute Gasteiger partial charge is 0.272 e. The number of aryl methyl sites for hydroxylation is 1. The van der Waals surface area contributed by atoms with Crippen LogP contribution in [0.1, 0.15) is 18.1 Å². The van der Waals surface area contributed by atoms with E-state index in [9.17, 15) is 10.1 Å². The summed E-state index contributed by atoms with van der Waals surface area (Å²) in [5.74, 6) is 0.792. The number of hydrogen-bond donors (Lipinski definition) is 0. The lowest BCUT2D eigenvalue weighted by molar-refractivity contribution is -0.385. The van der Waals surface area contributed by atoms with Gasteiger partial charge in [0.1, 0.15) is 5.75 Å². The van der Waals surface area contributed by atoms with Gasteiger partial charge in [-0.25, -0.2) is 0 Å². The van der Waals surface area contributed by atoms with E-state index in [-0.39, 0.29) is 10.6 Å². The van der Waals surface area contributed by atoms with Gasteiger partial charge in [-0.15, -0.1) is 0 Å². The number of para-hydroxylation sites is 1. The number of nitro groups is 1. The highest BCUT2D eigenvalue weighted by Crippen LogP contribution is 2.19. The van der Waals surface area contributed by atoms with Gasteiger partial charge in [-0.2, -0.15) is 0 Å². The number of ether oxygens (including phenoxy) is 1. The van der Waals surface area contributed by atoms with Crippen molar-refractivity contribution < 1.29 is 9.66 Å². The summed E-state index contributed by atoms with van der Waals surface area (Å²) in [6.07, 6.45) is 1.52. The van der Waals surface area contributed by atoms with E-state index in [0.29, 0.717) is 18.6 Å². The van der Waals surface area contributed by atoms with E-state index >= 15 is 0 Å². The van der Waals surface area contributed by atoms with Gasteiger partial charge in [0.05, 0.1) is 11.5 Å². The Labute approximate surface area is 118 Å². The number of nitro benzene ring substituents is 1. The molecule has 0 aliphatic heterocycles. The summed E-state index contributed by atoms with van der Waals surface area (Å²) < 4.78 is 5.62. The fraction of sp³-hybridized carbons (Fsp3) is 0.250. The van der Waals surface area contributed by atoms with Gasteiger partial charge >= 0.3 is 0 Å². The molecule has 0 amide bonds. The Kier molecular flexibility index (Phi) is 4.71. The summed E-state index contributed by atoms with van der Waals surface area (Å²) in [5, 5.41) is 10.9. The van der Waals surface area contributed by atoms with Gasteiger partial charge in [0.2, 0.25) is 0 Å². The highest BCUT2D eigenvalue weighted by molar-refractivity contribution is 5.40. The van der Waals surface area contributed by atoms with Crippen LogP contribution in [0.25, 0.3) is 0 Å². The van der Waals surface area contributed by atoms with Crippen molar-refractivity contribution in [2.45, 2.75) is 19.8 Å². The topological polar surface area (TPSA) is 52.4 Å². The molecule has 0 radical (unpaired) electrons. The van der Waals surface area contributed by atoms with Gasteiger partial charge in [-0.05, 0) is 24.1 Å². The molecule has 4 nitrogen and oxygen atoms in total. The molecule has 0 atom stereocenters. The van der Waals surface area contributed by atoms with E-state index < -0.39 is 0 Å². The standard InChI is InChI=1S/C16H17NO3/c1-2-13-7-9-15(10-8-13)20-12-11-14-5-3-4-6-16(14)17(18)19/h3-10H,2,11-12H2,1H3. The number of rotatable bonds is 6.